The first-order valence-corrected chi connectivity index (χ1v) is 7.18. The molecule has 4 nitrogen and oxygen atoms in total. The van der Waals surface area contributed by atoms with Crippen molar-refractivity contribution < 1.29 is 17.9 Å². The van der Waals surface area contributed by atoms with Gasteiger partial charge in [-0.1, -0.05) is 0 Å². The van der Waals surface area contributed by atoms with E-state index in [0.29, 0.717) is 18.6 Å². The lowest BCUT2D eigenvalue weighted by molar-refractivity contribution is 0.0452. The number of hydrogen-bond acceptors (Lipinski definition) is 4. The molecule has 1 aliphatic rings. The molecule has 1 aromatic heterocycles. The summed E-state index contributed by atoms with van der Waals surface area (Å²) in [5, 5.41) is 10.2. The number of hydrogen-bond donors (Lipinski definition) is 1. The summed E-state index contributed by atoms with van der Waals surface area (Å²) >= 11 is 0. The minimum absolute atomic E-state index is 0.153. The Hall–Kier alpha value is -0.810. The van der Waals surface area contributed by atoms with Crippen LogP contribution in [0, 0.1) is 6.92 Å². The van der Waals surface area contributed by atoms with Gasteiger partial charge in [-0.15, -0.1) is 0 Å². The Morgan fingerprint density at radius 3 is 2.88 bits per heavy atom. The van der Waals surface area contributed by atoms with Gasteiger partial charge in [0.05, 0.1) is 23.4 Å². The Bertz CT molecular complexity index is 474. The lowest BCUT2D eigenvalue weighted by Crippen LogP contribution is -2.44. The molecular formula is C11H16O4S. The lowest BCUT2D eigenvalue weighted by atomic mass is 9.94. The number of aryl methyl sites for hydroxylation is 1. The molecule has 0 spiro atoms. The van der Waals surface area contributed by atoms with Crippen molar-refractivity contribution in [2.24, 2.45) is 0 Å². The normalized spacial score (nSPS) is 29.1. The van der Waals surface area contributed by atoms with E-state index in [2.05, 4.69) is 0 Å². The molecular weight excluding hydrogens is 228 g/mol. The van der Waals surface area contributed by atoms with Gasteiger partial charge in [0, 0.05) is 6.42 Å². The smallest absolute Gasteiger partial charge is 0.153 e. The highest BCUT2D eigenvalue weighted by Gasteiger charge is 2.37. The third kappa shape index (κ3) is 2.65. The highest BCUT2D eigenvalue weighted by molar-refractivity contribution is 7.91. The molecule has 0 bridgehead atoms. The lowest BCUT2D eigenvalue weighted by Gasteiger charge is -2.30. The maximum absolute atomic E-state index is 11.5. The molecule has 0 amide bonds. The number of aliphatic hydroxyl groups is 1. The summed E-state index contributed by atoms with van der Waals surface area (Å²) in [6.45, 7) is 1.90. The van der Waals surface area contributed by atoms with Crippen LogP contribution in [0.15, 0.2) is 16.7 Å². The first-order valence-electron chi connectivity index (χ1n) is 5.35. The zero-order chi connectivity index (χ0) is 11.8. The van der Waals surface area contributed by atoms with Crippen molar-refractivity contribution in [2.75, 3.05) is 11.5 Å². The van der Waals surface area contributed by atoms with Gasteiger partial charge in [-0.2, -0.15) is 0 Å². The van der Waals surface area contributed by atoms with Crippen LogP contribution in [0.3, 0.4) is 0 Å². The summed E-state index contributed by atoms with van der Waals surface area (Å²) in [4.78, 5) is 0. The molecule has 1 aromatic rings. The van der Waals surface area contributed by atoms with E-state index < -0.39 is 15.4 Å². The largest absolute Gasteiger partial charge is 0.469 e. The zero-order valence-corrected chi connectivity index (χ0v) is 10.1. The maximum Gasteiger partial charge on any atom is 0.153 e. The first-order chi connectivity index (χ1) is 7.39. The van der Waals surface area contributed by atoms with Gasteiger partial charge in [-0.05, 0) is 31.4 Å². The van der Waals surface area contributed by atoms with Crippen LogP contribution < -0.4 is 0 Å². The van der Waals surface area contributed by atoms with Crippen LogP contribution >= 0.6 is 0 Å². The fraction of sp³-hybridized carbons (Fsp3) is 0.636. The van der Waals surface area contributed by atoms with Gasteiger partial charge in [0.2, 0.25) is 0 Å². The van der Waals surface area contributed by atoms with Gasteiger partial charge >= 0.3 is 0 Å². The van der Waals surface area contributed by atoms with Gasteiger partial charge in [0.15, 0.2) is 9.84 Å². The van der Waals surface area contributed by atoms with Crippen LogP contribution in [0.4, 0.5) is 0 Å². The summed E-state index contributed by atoms with van der Waals surface area (Å²) in [6, 6.07) is 1.83. The average molecular weight is 244 g/mol. The SMILES string of the molecule is Cc1coc(CC2(O)CCCS(=O)(=O)C2)c1. The first kappa shape index (κ1) is 11.7. The fourth-order valence-corrected chi connectivity index (χ4v) is 4.02. The number of rotatable bonds is 2. The monoisotopic (exact) mass is 244 g/mol. The van der Waals surface area contributed by atoms with Crippen molar-refractivity contribution in [1.82, 2.24) is 0 Å². The Kier molecular flexibility index (Phi) is 2.84. The van der Waals surface area contributed by atoms with E-state index in [-0.39, 0.29) is 17.9 Å². The maximum atomic E-state index is 11.5. The van der Waals surface area contributed by atoms with Gasteiger partial charge in [-0.3, -0.25) is 0 Å². The van der Waals surface area contributed by atoms with Crippen molar-refractivity contribution >= 4 is 9.84 Å². The van der Waals surface area contributed by atoms with Crippen molar-refractivity contribution in [3.8, 4) is 0 Å². The summed E-state index contributed by atoms with van der Waals surface area (Å²) < 4.78 is 28.2. The molecule has 1 unspecified atom stereocenters. The third-order valence-corrected chi connectivity index (χ3v) is 4.76. The van der Waals surface area contributed by atoms with Gasteiger partial charge in [0.25, 0.3) is 0 Å². The van der Waals surface area contributed by atoms with Crippen molar-refractivity contribution in [3.05, 3.63) is 23.7 Å². The average Bonchev–Trinajstić information content (AvgIpc) is 2.47. The molecule has 2 heterocycles. The predicted octanol–water partition coefficient (Wildman–Crippen LogP) is 1.07. The Balaban J connectivity index is 2.14. The van der Waals surface area contributed by atoms with Crippen LogP contribution in [-0.4, -0.2) is 30.6 Å². The predicted molar refractivity (Wildman–Crippen MR) is 60.0 cm³/mol. The molecule has 1 fully saturated rings. The zero-order valence-electron chi connectivity index (χ0n) is 9.27. The van der Waals surface area contributed by atoms with Gasteiger partial charge in [-0.25, -0.2) is 8.42 Å². The van der Waals surface area contributed by atoms with E-state index in [0.717, 1.165) is 5.56 Å². The minimum atomic E-state index is -3.10. The molecule has 90 valence electrons. The summed E-state index contributed by atoms with van der Waals surface area (Å²) in [7, 11) is -3.10. The molecule has 16 heavy (non-hydrogen) atoms. The van der Waals surface area contributed by atoms with E-state index in [1.807, 2.05) is 13.0 Å². The van der Waals surface area contributed by atoms with Crippen molar-refractivity contribution in [3.63, 3.8) is 0 Å². The van der Waals surface area contributed by atoms with E-state index in [9.17, 15) is 13.5 Å². The molecule has 0 aliphatic carbocycles. The fourth-order valence-electron chi connectivity index (χ4n) is 2.22. The molecule has 1 atom stereocenters. The van der Waals surface area contributed by atoms with Crippen molar-refractivity contribution in [1.29, 1.82) is 0 Å². The molecule has 5 heteroatoms. The number of sulfone groups is 1. The molecule has 1 N–H and O–H groups in total. The van der Waals surface area contributed by atoms with Crippen LogP contribution in [0.2, 0.25) is 0 Å². The number of furan rings is 1. The molecule has 0 saturated carbocycles. The van der Waals surface area contributed by atoms with Gasteiger partial charge < -0.3 is 9.52 Å². The van der Waals surface area contributed by atoms with Crippen molar-refractivity contribution in [2.45, 2.75) is 31.8 Å². The van der Waals surface area contributed by atoms with Crippen LogP contribution in [-0.2, 0) is 16.3 Å². The quantitative estimate of drug-likeness (QED) is 0.845. The Morgan fingerprint density at radius 2 is 2.31 bits per heavy atom. The second kappa shape index (κ2) is 3.89. The third-order valence-electron chi connectivity index (χ3n) is 2.87. The summed E-state index contributed by atoms with van der Waals surface area (Å²) in [5.74, 6) is 0.684. The molecule has 2 rings (SSSR count). The van der Waals surface area contributed by atoms with E-state index in [1.165, 1.54) is 0 Å². The highest BCUT2D eigenvalue weighted by Crippen LogP contribution is 2.27. The van der Waals surface area contributed by atoms with Crippen LogP contribution in [0.25, 0.3) is 0 Å². The summed E-state index contributed by atoms with van der Waals surface area (Å²) in [5.41, 5.74) is -0.168. The van der Waals surface area contributed by atoms with Crippen LogP contribution in [0.5, 0.6) is 0 Å². The van der Waals surface area contributed by atoms with E-state index >= 15 is 0 Å². The molecule has 0 aromatic carbocycles. The molecule has 1 saturated heterocycles. The van der Waals surface area contributed by atoms with Gasteiger partial charge in [0.1, 0.15) is 5.76 Å². The topological polar surface area (TPSA) is 67.5 Å². The molecule has 0 radical (unpaired) electrons. The highest BCUT2D eigenvalue weighted by atomic mass is 32.2. The molecule has 1 aliphatic heterocycles. The second-order valence-electron chi connectivity index (χ2n) is 4.69. The Labute approximate surface area is 95.2 Å². The Morgan fingerprint density at radius 1 is 1.56 bits per heavy atom. The van der Waals surface area contributed by atoms with Crippen LogP contribution in [0.1, 0.15) is 24.2 Å². The summed E-state index contributed by atoms with van der Waals surface area (Å²) in [6.07, 6.45) is 2.93. The minimum Gasteiger partial charge on any atom is -0.469 e. The van der Waals surface area contributed by atoms with E-state index in [1.54, 1.807) is 6.26 Å². The second-order valence-corrected chi connectivity index (χ2v) is 6.87. The van der Waals surface area contributed by atoms with E-state index in [4.69, 9.17) is 4.42 Å². The standard InChI is InChI=1S/C11H16O4S/c1-9-5-10(15-7-9)6-11(12)3-2-4-16(13,14)8-11/h5,7,12H,2-4,6,8H2,1H3.